The molecule has 11 nitrogen and oxygen atoms in total. The van der Waals surface area contributed by atoms with Crippen LogP contribution in [0, 0.1) is 6.92 Å². The van der Waals surface area contributed by atoms with Gasteiger partial charge in [-0.1, -0.05) is 24.6 Å². The zero-order valence-electron chi connectivity index (χ0n) is 23.7. The van der Waals surface area contributed by atoms with Crippen LogP contribution in [0.4, 0.5) is 0 Å². The van der Waals surface area contributed by atoms with Crippen molar-refractivity contribution in [2.75, 3.05) is 20.8 Å². The summed E-state index contributed by atoms with van der Waals surface area (Å²) in [7, 11) is 3.26. The Balaban J connectivity index is 1.60. The molecule has 11 heteroatoms. The molecule has 220 valence electrons. The van der Waals surface area contributed by atoms with Crippen LogP contribution in [-0.4, -0.2) is 60.2 Å². The average molecular weight is 567 g/mol. The summed E-state index contributed by atoms with van der Waals surface area (Å²) in [4.78, 5) is 49.1. The molecule has 0 spiro atoms. The van der Waals surface area contributed by atoms with Crippen molar-refractivity contribution in [3.8, 4) is 11.5 Å². The summed E-state index contributed by atoms with van der Waals surface area (Å²) in [5.41, 5.74) is 8.03. The number of aliphatic carboxylic acids is 1. The van der Waals surface area contributed by atoms with Crippen LogP contribution in [0.25, 0.3) is 10.9 Å². The SMILES string of the molecule is COc1cc(C)cc(OC)c1CCCCCNC(=O)C(CCC(N)=O)NC(=O)c1cc2ccccc2n1CC(=O)O. The van der Waals surface area contributed by atoms with Gasteiger partial charge in [-0.15, -0.1) is 0 Å². The fourth-order valence-corrected chi connectivity index (χ4v) is 4.79. The molecular formula is C30H38N4O7. The van der Waals surface area contributed by atoms with Crippen LogP contribution < -0.4 is 25.8 Å². The van der Waals surface area contributed by atoms with E-state index >= 15 is 0 Å². The van der Waals surface area contributed by atoms with Crippen molar-refractivity contribution in [1.82, 2.24) is 15.2 Å². The number of fused-ring (bicyclic) bond motifs is 1. The first-order chi connectivity index (χ1) is 19.6. The minimum atomic E-state index is -1.11. The third kappa shape index (κ3) is 8.47. The van der Waals surface area contributed by atoms with Crippen molar-refractivity contribution in [2.24, 2.45) is 5.73 Å². The zero-order valence-corrected chi connectivity index (χ0v) is 23.7. The summed E-state index contributed by atoms with van der Waals surface area (Å²) in [6.07, 6.45) is 3.04. The van der Waals surface area contributed by atoms with Crippen LogP contribution in [-0.2, 0) is 27.3 Å². The average Bonchev–Trinajstić information content (AvgIpc) is 3.30. The number of rotatable bonds is 16. The fourth-order valence-electron chi connectivity index (χ4n) is 4.79. The fraction of sp³-hybridized carbons (Fsp3) is 0.400. The van der Waals surface area contributed by atoms with Crippen molar-refractivity contribution < 1.29 is 33.8 Å². The Labute approximate surface area is 239 Å². The van der Waals surface area contributed by atoms with E-state index in [2.05, 4.69) is 10.6 Å². The Hall–Kier alpha value is -4.54. The third-order valence-corrected chi connectivity index (χ3v) is 6.79. The number of methoxy groups -OCH3 is 2. The van der Waals surface area contributed by atoms with Gasteiger partial charge in [0.15, 0.2) is 0 Å². The molecule has 5 N–H and O–H groups in total. The first-order valence-electron chi connectivity index (χ1n) is 13.5. The molecule has 0 bridgehead atoms. The molecule has 0 aliphatic heterocycles. The molecule has 1 aromatic heterocycles. The van der Waals surface area contributed by atoms with E-state index in [1.54, 1.807) is 44.6 Å². The number of benzene rings is 2. The number of carboxylic acid groups (broad SMARTS) is 1. The summed E-state index contributed by atoms with van der Waals surface area (Å²) in [5, 5.41) is 15.6. The van der Waals surface area contributed by atoms with Gasteiger partial charge in [0.1, 0.15) is 29.8 Å². The predicted molar refractivity (Wildman–Crippen MR) is 154 cm³/mol. The van der Waals surface area contributed by atoms with Gasteiger partial charge in [-0.25, -0.2) is 0 Å². The van der Waals surface area contributed by atoms with Gasteiger partial charge in [-0.05, 0) is 62.4 Å². The number of para-hydroxylation sites is 1. The van der Waals surface area contributed by atoms with Crippen LogP contribution in [0.1, 0.15) is 53.7 Å². The predicted octanol–water partition coefficient (Wildman–Crippen LogP) is 2.94. The van der Waals surface area contributed by atoms with Crippen molar-refractivity contribution in [3.63, 3.8) is 0 Å². The third-order valence-electron chi connectivity index (χ3n) is 6.79. The highest BCUT2D eigenvalue weighted by Gasteiger charge is 2.25. The first-order valence-corrected chi connectivity index (χ1v) is 13.5. The molecule has 0 saturated carbocycles. The molecule has 41 heavy (non-hydrogen) atoms. The Kier molecular flexibility index (Phi) is 11.1. The number of nitrogens with zero attached hydrogens (tertiary/aromatic N) is 1. The van der Waals surface area contributed by atoms with Crippen molar-refractivity contribution in [2.45, 2.75) is 58.0 Å². The Bertz CT molecular complexity index is 1370. The lowest BCUT2D eigenvalue weighted by atomic mass is 10.0. The van der Waals surface area contributed by atoms with Crippen molar-refractivity contribution in [1.29, 1.82) is 0 Å². The van der Waals surface area contributed by atoms with Gasteiger partial charge in [0.25, 0.3) is 5.91 Å². The molecule has 3 aromatic rings. The maximum atomic E-state index is 13.2. The summed E-state index contributed by atoms with van der Waals surface area (Å²) < 4.78 is 12.4. The Morgan fingerprint density at radius 2 is 1.68 bits per heavy atom. The second-order valence-corrected chi connectivity index (χ2v) is 9.85. The molecule has 3 rings (SSSR count). The monoisotopic (exact) mass is 566 g/mol. The van der Waals surface area contributed by atoms with E-state index < -0.39 is 36.3 Å². The van der Waals surface area contributed by atoms with Crippen LogP contribution in [0.5, 0.6) is 11.5 Å². The number of unbranched alkanes of at least 4 members (excludes halogenated alkanes) is 2. The molecular weight excluding hydrogens is 528 g/mol. The standard InChI is InChI=1S/C30H38N4O7/c1-19-15-25(40-2)21(26(16-19)41-3)10-5-4-8-14-32-29(38)22(12-13-27(31)35)33-30(39)24-17-20-9-6-7-11-23(20)34(24)18-28(36)37/h6-7,9,11,15-17,22H,4-5,8,10,12-14,18H2,1-3H3,(H2,31,35)(H,32,38)(H,33,39)(H,36,37). The number of hydrogen-bond acceptors (Lipinski definition) is 6. The zero-order chi connectivity index (χ0) is 29.9. The minimum absolute atomic E-state index is 0.0130. The summed E-state index contributed by atoms with van der Waals surface area (Å²) in [6, 6.07) is 11.5. The highest BCUT2D eigenvalue weighted by atomic mass is 16.5. The van der Waals surface area contributed by atoms with Crippen molar-refractivity contribution >= 4 is 34.6 Å². The topological polar surface area (TPSA) is 162 Å². The van der Waals surface area contributed by atoms with Crippen LogP contribution >= 0.6 is 0 Å². The molecule has 0 radical (unpaired) electrons. The quantitative estimate of drug-likeness (QED) is 0.194. The minimum Gasteiger partial charge on any atom is -0.496 e. The molecule has 0 fully saturated rings. The summed E-state index contributed by atoms with van der Waals surface area (Å²) in [6.45, 7) is 1.93. The first kappa shape index (κ1) is 31.0. The van der Waals surface area contributed by atoms with Crippen LogP contribution in [0.2, 0.25) is 0 Å². The van der Waals surface area contributed by atoms with Gasteiger partial charge in [0.05, 0.1) is 14.2 Å². The summed E-state index contributed by atoms with van der Waals surface area (Å²) >= 11 is 0. The number of aromatic nitrogens is 1. The molecule has 2 aromatic carbocycles. The van der Waals surface area contributed by atoms with Crippen LogP contribution in [0.3, 0.4) is 0 Å². The van der Waals surface area contributed by atoms with Gasteiger partial charge in [-0.2, -0.15) is 0 Å². The number of carbonyl (C=O) groups excluding carboxylic acids is 3. The Morgan fingerprint density at radius 1 is 1.00 bits per heavy atom. The van der Waals surface area contributed by atoms with Gasteiger partial charge in [0.2, 0.25) is 11.8 Å². The van der Waals surface area contributed by atoms with Crippen molar-refractivity contribution in [3.05, 3.63) is 59.3 Å². The number of carboxylic acids is 1. The number of carbonyl (C=O) groups is 4. The molecule has 1 atom stereocenters. The molecule has 1 unspecified atom stereocenters. The highest BCUT2D eigenvalue weighted by Crippen LogP contribution is 2.31. The highest BCUT2D eigenvalue weighted by molar-refractivity contribution is 6.01. The Morgan fingerprint density at radius 3 is 2.32 bits per heavy atom. The largest absolute Gasteiger partial charge is 0.496 e. The lowest BCUT2D eigenvalue weighted by Crippen LogP contribution is -2.47. The van der Waals surface area contributed by atoms with Crippen LogP contribution in [0.15, 0.2) is 42.5 Å². The maximum Gasteiger partial charge on any atom is 0.323 e. The normalized spacial score (nSPS) is 11.6. The second-order valence-electron chi connectivity index (χ2n) is 9.85. The van der Waals surface area contributed by atoms with E-state index in [1.807, 2.05) is 19.1 Å². The molecule has 0 saturated heterocycles. The van der Waals surface area contributed by atoms with Gasteiger partial charge in [-0.3, -0.25) is 19.2 Å². The number of amides is 3. The number of aryl methyl sites for hydroxylation is 1. The van der Waals surface area contributed by atoms with E-state index in [4.69, 9.17) is 15.2 Å². The number of nitrogens with one attached hydrogen (secondary N) is 2. The summed E-state index contributed by atoms with van der Waals surface area (Å²) in [5.74, 6) is -1.20. The van der Waals surface area contributed by atoms with E-state index in [0.29, 0.717) is 23.9 Å². The smallest absolute Gasteiger partial charge is 0.323 e. The van der Waals surface area contributed by atoms with E-state index in [-0.39, 0.29) is 18.5 Å². The molecule has 0 aliphatic rings. The molecule has 0 aliphatic carbocycles. The van der Waals surface area contributed by atoms with Gasteiger partial charge >= 0.3 is 5.97 Å². The molecule has 3 amide bonds. The van der Waals surface area contributed by atoms with Gasteiger partial charge in [0, 0.05) is 29.4 Å². The number of primary amides is 1. The lowest BCUT2D eigenvalue weighted by molar-refractivity contribution is -0.137. The van der Waals surface area contributed by atoms with E-state index in [0.717, 1.165) is 41.9 Å². The number of hydrogen-bond donors (Lipinski definition) is 4. The number of nitrogens with two attached hydrogens (primary N) is 1. The van der Waals surface area contributed by atoms with E-state index in [9.17, 15) is 24.3 Å². The maximum absolute atomic E-state index is 13.2. The molecule has 1 heterocycles. The second kappa shape index (κ2) is 14.7. The number of ether oxygens (including phenoxy) is 2. The van der Waals surface area contributed by atoms with E-state index in [1.165, 1.54) is 4.57 Å². The lowest BCUT2D eigenvalue weighted by Gasteiger charge is -2.19. The van der Waals surface area contributed by atoms with Gasteiger partial charge < -0.3 is 35.5 Å².